The van der Waals surface area contributed by atoms with E-state index in [1.807, 2.05) is 14.0 Å². The number of hydrogen-bond donors (Lipinski definition) is 1. The second-order valence-electron chi connectivity index (χ2n) is 3.41. The zero-order valence-corrected chi connectivity index (χ0v) is 7.55. The highest BCUT2D eigenvalue weighted by molar-refractivity contribution is 5.92. The molecule has 3 nitrogen and oxygen atoms in total. The Balaban J connectivity index is 2.74. The summed E-state index contributed by atoms with van der Waals surface area (Å²) in [6.45, 7) is 3.08. The first kappa shape index (κ1) is 9.08. The molecule has 0 aliphatic carbocycles. The molecule has 1 saturated heterocycles. The van der Waals surface area contributed by atoms with Gasteiger partial charge < -0.3 is 5.73 Å². The van der Waals surface area contributed by atoms with Gasteiger partial charge in [0.15, 0.2) is 0 Å². The van der Waals surface area contributed by atoms with Crippen LogP contribution in [0.3, 0.4) is 0 Å². The maximum atomic E-state index is 10.4. The Hall–Kier alpha value is -1.01. The van der Waals surface area contributed by atoms with Crippen LogP contribution >= 0.6 is 0 Å². The number of nitrogens with two attached hydrogens (primary N) is 1. The van der Waals surface area contributed by atoms with Crippen molar-refractivity contribution in [3.8, 4) is 11.8 Å². The average molecular weight is 166 g/mol. The standard InChI is InChI=1S/C9H14N2O/c1-9(6-4-8(10)12)5-3-7-11(9)2/h3,5,7H2,1-2H3,(H2,10,12). The van der Waals surface area contributed by atoms with Gasteiger partial charge >= 0.3 is 0 Å². The Kier molecular flexibility index (Phi) is 2.39. The summed E-state index contributed by atoms with van der Waals surface area (Å²) in [6.07, 6.45) is 2.16. The van der Waals surface area contributed by atoms with Crippen molar-refractivity contribution in [3.63, 3.8) is 0 Å². The molecule has 0 aromatic carbocycles. The molecule has 1 rings (SSSR count). The van der Waals surface area contributed by atoms with Gasteiger partial charge in [-0.25, -0.2) is 0 Å². The lowest BCUT2D eigenvalue weighted by Crippen LogP contribution is -2.36. The first-order valence-electron chi connectivity index (χ1n) is 4.08. The van der Waals surface area contributed by atoms with Crippen molar-refractivity contribution in [1.82, 2.24) is 4.90 Å². The van der Waals surface area contributed by atoms with E-state index in [9.17, 15) is 4.79 Å². The number of rotatable bonds is 0. The van der Waals surface area contributed by atoms with Crippen molar-refractivity contribution in [2.75, 3.05) is 13.6 Å². The third-order valence-corrected chi connectivity index (χ3v) is 2.45. The normalized spacial score (nSPS) is 29.5. The summed E-state index contributed by atoms with van der Waals surface area (Å²) in [5.74, 6) is 4.77. The van der Waals surface area contributed by atoms with E-state index in [4.69, 9.17) is 5.73 Å². The van der Waals surface area contributed by atoms with Gasteiger partial charge in [-0.2, -0.15) is 0 Å². The fourth-order valence-corrected chi connectivity index (χ4v) is 1.45. The van der Waals surface area contributed by atoms with Crippen molar-refractivity contribution < 1.29 is 4.79 Å². The lowest BCUT2D eigenvalue weighted by atomic mass is 10.0. The van der Waals surface area contributed by atoms with Gasteiger partial charge in [0.2, 0.25) is 0 Å². The molecule has 1 fully saturated rings. The molecule has 0 bridgehead atoms. The van der Waals surface area contributed by atoms with Crippen LogP contribution < -0.4 is 5.73 Å². The van der Waals surface area contributed by atoms with Crippen LogP contribution in [0.15, 0.2) is 0 Å². The number of likely N-dealkylation sites (tertiary alicyclic amines) is 1. The molecule has 0 saturated carbocycles. The largest absolute Gasteiger partial charge is 0.359 e. The Morgan fingerprint density at radius 1 is 1.67 bits per heavy atom. The number of carbonyl (C=O) groups is 1. The molecule has 1 unspecified atom stereocenters. The summed E-state index contributed by atoms with van der Waals surface area (Å²) in [7, 11) is 2.02. The third kappa shape index (κ3) is 1.77. The predicted octanol–water partition coefficient (Wildman–Crippen LogP) is -0.0406. The van der Waals surface area contributed by atoms with Crippen LogP contribution in [0.4, 0.5) is 0 Å². The molecule has 0 radical (unpaired) electrons. The summed E-state index contributed by atoms with van der Waals surface area (Å²) in [5, 5.41) is 0. The van der Waals surface area contributed by atoms with E-state index < -0.39 is 5.91 Å². The van der Waals surface area contributed by atoms with Crippen molar-refractivity contribution in [2.24, 2.45) is 5.73 Å². The molecule has 0 spiro atoms. The third-order valence-electron chi connectivity index (χ3n) is 2.45. The van der Waals surface area contributed by atoms with E-state index in [0.717, 1.165) is 19.4 Å². The topological polar surface area (TPSA) is 46.3 Å². The first-order valence-corrected chi connectivity index (χ1v) is 4.08. The molecule has 0 aromatic heterocycles. The molecule has 1 aliphatic rings. The SMILES string of the molecule is CN1CCCC1(C)C#CC(N)=O. The molecule has 1 amide bonds. The molecule has 1 atom stereocenters. The summed E-state index contributed by atoms with van der Waals surface area (Å²) < 4.78 is 0. The summed E-state index contributed by atoms with van der Waals surface area (Å²) in [5.41, 5.74) is 4.80. The minimum Gasteiger partial charge on any atom is -0.359 e. The van der Waals surface area contributed by atoms with Gasteiger partial charge in [0.05, 0.1) is 5.54 Å². The van der Waals surface area contributed by atoms with E-state index in [1.54, 1.807) is 0 Å². The summed E-state index contributed by atoms with van der Waals surface area (Å²) >= 11 is 0. The minimum absolute atomic E-state index is 0.144. The number of primary amides is 1. The van der Waals surface area contributed by atoms with E-state index in [-0.39, 0.29) is 5.54 Å². The van der Waals surface area contributed by atoms with E-state index in [0.29, 0.717) is 0 Å². The van der Waals surface area contributed by atoms with Gasteiger partial charge in [-0.3, -0.25) is 9.69 Å². The van der Waals surface area contributed by atoms with Gasteiger partial charge in [0.1, 0.15) is 0 Å². The number of hydrogen-bond acceptors (Lipinski definition) is 2. The van der Waals surface area contributed by atoms with Crippen LogP contribution in [0.5, 0.6) is 0 Å². The molecule has 3 heteroatoms. The van der Waals surface area contributed by atoms with Crippen LogP contribution in [-0.4, -0.2) is 29.9 Å². The Bertz CT molecular complexity index is 251. The zero-order valence-electron chi connectivity index (χ0n) is 7.55. The number of nitrogens with zero attached hydrogens (tertiary/aromatic N) is 1. The number of carbonyl (C=O) groups excluding carboxylic acids is 1. The fourth-order valence-electron chi connectivity index (χ4n) is 1.45. The maximum Gasteiger partial charge on any atom is 0.293 e. The molecule has 12 heavy (non-hydrogen) atoms. The van der Waals surface area contributed by atoms with Crippen molar-refractivity contribution in [2.45, 2.75) is 25.3 Å². The Labute approximate surface area is 72.9 Å². The van der Waals surface area contributed by atoms with Crippen molar-refractivity contribution >= 4 is 5.91 Å². The fraction of sp³-hybridized carbons (Fsp3) is 0.667. The highest BCUT2D eigenvalue weighted by Gasteiger charge is 2.31. The quantitative estimate of drug-likeness (QED) is 0.513. The highest BCUT2D eigenvalue weighted by Crippen LogP contribution is 2.25. The van der Waals surface area contributed by atoms with E-state index >= 15 is 0 Å². The van der Waals surface area contributed by atoms with E-state index in [1.165, 1.54) is 0 Å². The van der Waals surface area contributed by atoms with Crippen molar-refractivity contribution in [3.05, 3.63) is 0 Å². The van der Waals surface area contributed by atoms with Gasteiger partial charge in [-0.1, -0.05) is 5.92 Å². The van der Waals surface area contributed by atoms with Crippen LogP contribution in [0.1, 0.15) is 19.8 Å². The van der Waals surface area contributed by atoms with Crippen LogP contribution in [0.2, 0.25) is 0 Å². The summed E-state index contributed by atoms with van der Waals surface area (Å²) in [6, 6.07) is 0. The molecular weight excluding hydrogens is 152 g/mol. The lowest BCUT2D eigenvalue weighted by molar-refractivity contribution is -0.112. The Morgan fingerprint density at radius 2 is 2.33 bits per heavy atom. The average Bonchev–Trinajstić information content (AvgIpc) is 2.30. The van der Waals surface area contributed by atoms with Crippen LogP contribution in [-0.2, 0) is 4.79 Å². The summed E-state index contributed by atoms with van der Waals surface area (Å²) in [4.78, 5) is 12.6. The zero-order chi connectivity index (χ0) is 9.19. The highest BCUT2D eigenvalue weighted by atomic mass is 16.1. The maximum absolute atomic E-state index is 10.4. The van der Waals surface area contributed by atoms with Gasteiger partial charge in [0.25, 0.3) is 5.91 Å². The van der Waals surface area contributed by atoms with E-state index in [2.05, 4.69) is 16.7 Å². The predicted molar refractivity (Wildman–Crippen MR) is 47.2 cm³/mol. The second kappa shape index (κ2) is 3.16. The molecule has 1 aliphatic heterocycles. The minimum atomic E-state index is -0.545. The first-order chi connectivity index (χ1) is 5.54. The lowest BCUT2D eigenvalue weighted by Gasteiger charge is -2.25. The molecular formula is C9H14N2O. The van der Waals surface area contributed by atoms with Crippen molar-refractivity contribution in [1.29, 1.82) is 0 Å². The van der Waals surface area contributed by atoms with Crippen LogP contribution in [0, 0.1) is 11.8 Å². The number of amides is 1. The molecule has 66 valence electrons. The molecule has 2 N–H and O–H groups in total. The smallest absolute Gasteiger partial charge is 0.293 e. The van der Waals surface area contributed by atoms with Gasteiger partial charge in [-0.15, -0.1) is 0 Å². The molecule has 1 heterocycles. The van der Waals surface area contributed by atoms with Crippen LogP contribution in [0.25, 0.3) is 0 Å². The van der Waals surface area contributed by atoms with Gasteiger partial charge in [0, 0.05) is 0 Å². The second-order valence-corrected chi connectivity index (χ2v) is 3.41. The molecule has 0 aromatic rings. The Morgan fingerprint density at radius 3 is 2.75 bits per heavy atom. The van der Waals surface area contributed by atoms with Gasteiger partial charge in [-0.05, 0) is 39.3 Å². The monoisotopic (exact) mass is 166 g/mol.